The third-order valence-corrected chi connectivity index (χ3v) is 5.81. The summed E-state index contributed by atoms with van der Waals surface area (Å²) in [6.45, 7) is -0.329. The van der Waals surface area contributed by atoms with Crippen molar-refractivity contribution in [3.05, 3.63) is 69.8 Å². The molecule has 2 aromatic carbocycles. The van der Waals surface area contributed by atoms with Crippen LogP contribution in [0, 0.1) is 0 Å². The fraction of sp³-hybridized carbons (Fsp3) is 0.417. The first-order valence-corrected chi connectivity index (χ1v) is 10.7. The number of Topliss-reactive ketones (excluding diaryl/α,β-unsaturated/α-hetero) is 1. The molecule has 0 saturated carbocycles. The average Bonchev–Trinajstić information content (AvgIpc) is 2.82. The quantitative estimate of drug-likeness (QED) is 0.207. The van der Waals surface area contributed by atoms with Gasteiger partial charge in [0.1, 0.15) is 19.0 Å². The minimum Gasteiger partial charge on any atom is -0.395 e. The Labute approximate surface area is 186 Å². The predicted octanol–water partition coefficient (Wildman–Crippen LogP) is -0.451. The maximum atomic E-state index is 12.2. The van der Waals surface area contributed by atoms with Crippen LogP contribution in [0.5, 0.6) is 0 Å². The molecule has 0 aliphatic heterocycles. The van der Waals surface area contributed by atoms with Gasteiger partial charge in [0.15, 0.2) is 5.78 Å². The van der Waals surface area contributed by atoms with Crippen molar-refractivity contribution in [2.45, 2.75) is 31.0 Å². The van der Waals surface area contributed by atoms with Crippen molar-refractivity contribution < 1.29 is 30.0 Å². The lowest BCUT2D eigenvalue weighted by Gasteiger charge is -2.26. The molecule has 0 aromatic heterocycles. The summed E-state index contributed by atoms with van der Waals surface area (Å²) in [5, 5.41) is 43.6. The second kappa shape index (κ2) is 11.4. The number of aldehydes is 1. The van der Waals surface area contributed by atoms with Crippen LogP contribution in [-0.4, -0.2) is 71.5 Å². The summed E-state index contributed by atoms with van der Waals surface area (Å²) in [6.07, 6.45) is 0.591. The maximum Gasteiger partial charge on any atom is 0.179 e. The largest absolute Gasteiger partial charge is 0.395 e. The lowest BCUT2D eigenvalue weighted by molar-refractivity contribution is -0.124. The number of fused-ring (bicyclic) bond motifs is 2. The van der Waals surface area contributed by atoms with Gasteiger partial charge in [0.05, 0.1) is 25.3 Å². The Bertz CT molecular complexity index is 948. The van der Waals surface area contributed by atoms with Gasteiger partial charge in [-0.05, 0) is 46.2 Å². The van der Waals surface area contributed by atoms with Crippen LogP contribution in [0.25, 0.3) is 0 Å². The highest BCUT2D eigenvalue weighted by molar-refractivity contribution is 5.86. The molecule has 3 rings (SSSR count). The zero-order chi connectivity index (χ0) is 23.1. The lowest BCUT2D eigenvalue weighted by Crippen LogP contribution is -2.34. The predicted molar refractivity (Wildman–Crippen MR) is 118 cm³/mol. The Morgan fingerprint density at radius 2 is 1.44 bits per heavy atom. The Hall–Kier alpha value is -2.46. The zero-order valence-corrected chi connectivity index (χ0v) is 17.8. The van der Waals surface area contributed by atoms with E-state index in [4.69, 9.17) is 10.2 Å². The highest BCUT2D eigenvalue weighted by atomic mass is 16.3. The van der Waals surface area contributed by atoms with Crippen molar-refractivity contribution in [2.75, 3.05) is 32.9 Å². The van der Waals surface area contributed by atoms with Gasteiger partial charge in [-0.2, -0.15) is 0 Å². The van der Waals surface area contributed by atoms with E-state index in [0.717, 1.165) is 39.8 Å². The number of nitrogens with one attached hydrogen (secondary N) is 2. The smallest absolute Gasteiger partial charge is 0.179 e. The third-order valence-electron chi connectivity index (χ3n) is 5.81. The van der Waals surface area contributed by atoms with Crippen molar-refractivity contribution in [3.8, 4) is 0 Å². The van der Waals surface area contributed by atoms with Gasteiger partial charge >= 0.3 is 0 Å². The van der Waals surface area contributed by atoms with E-state index in [2.05, 4.69) is 10.6 Å². The van der Waals surface area contributed by atoms with Crippen molar-refractivity contribution >= 4 is 12.1 Å². The molecular formula is C24H30N2O6. The topological polar surface area (TPSA) is 139 Å². The van der Waals surface area contributed by atoms with E-state index < -0.39 is 24.8 Å². The van der Waals surface area contributed by atoms with E-state index in [1.54, 1.807) is 0 Å². The standard InChI is InChI=1S/C24H30N2O6/c27-7-5-25-23(21(31)13-29)17-3-1-15-9-16-2-4-18(11-20(16)12-19(15)10-17)24(22(32)14-30)26-6-8-28/h1-4,10-11,13,21,23-28,30-31H,5-9,12,14H2. The van der Waals surface area contributed by atoms with Gasteiger partial charge in [0, 0.05) is 13.1 Å². The van der Waals surface area contributed by atoms with Gasteiger partial charge in [-0.15, -0.1) is 0 Å². The van der Waals surface area contributed by atoms with Gasteiger partial charge in [-0.3, -0.25) is 4.79 Å². The molecule has 1 aliphatic carbocycles. The normalized spacial score (nSPS) is 15.4. The number of aliphatic hydroxyl groups is 4. The first kappa shape index (κ1) is 24.2. The van der Waals surface area contributed by atoms with Crippen LogP contribution in [0.2, 0.25) is 0 Å². The molecule has 3 unspecified atom stereocenters. The molecule has 6 N–H and O–H groups in total. The number of ketones is 1. The van der Waals surface area contributed by atoms with Crippen molar-refractivity contribution in [1.82, 2.24) is 10.6 Å². The van der Waals surface area contributed by atoms with E-state index >= 15 is 0 Å². The van der Waals surface area contributed by atoms with E-state index in [0.29, 0.717) is 12.7 Å². The number of carbonyl (C=O) groups is 2. The molecule has 2 aromatic rings. The Morgan fingerprint density at radius 1 is 0.875 bits per heavy atom. The van der Waals surface area contributed by atoms with Crippen molar-refractivity contribution in [2.24, 2.45) is 0 Å². The number of carbonyl (C=O) groups excluding carboxylic acids is 2. The van der Waals surface area contributed by atoms with Gasteiger partial charge in [-0.1, -0.05) is 36.4 Å². The first-order valence-electron chi connectivity index (χ1n) is 10.7. The monoisotopic (exact) mass is 442 g/mol. The summed E-state index contributed by atoms with van der Waals surface area (Å²) in [5.74, 6) is -0.363. The minimum absolute atomic E-state index is 0.110. The van der Waals surface area contributed by atoms with Crippen LogP contribution in [0.3, 0.4) is 0 Å². The van der Waals surface area contributed by atoms with Crippen LogP contribution in [0.4, 0.5) is 0 Å². The van der Waals surface area contributed by atoms with Gasteiger partial charge in [-0.25, -0.2) is 0 Å². The second-order valence-electron chi connectivity index (χ2n) is 7.93. The minimum atomic E-state index is -1.23. The molecule has 172 valence electrons. The van der Waals surface area contributed by atoms with Gasteiger partial charge in [0.25, 0.3) is 0 Å². The first-order chi connectivity index (χ1) is 15.5. The summed E-state index contributed by atoms with van der Waals surface area (Å²) in [7, 11) is 0. The Kier molecular flexibility index (Phi) is 8.63. The molecule has 8 nitrogen and oxygen atoms in total. The molecule has 8 heteroatoms. The molecule has 3 atom stereocenters. The van der Waals surface area contributed by atoms with E-state index in [1.165, 1.54) is 0 Å². The number of benzene rings is 2. The Balaban J connectivity index is 1.89. The number of hydrogen-bond donors (Lipinski definition) is 6. The van der Waals surface area contributed by atoms with Crippen LogP contribution < -0.4 is 10.6 Å². The molecule has 0 amide bonds. The highest BCUT2D eigenvalue weighted by Crippen LogP contribution is 2.31. The Morgan fingerprint density at radius 3 is 2.03 bits per heavy atom. The fourth-order valence-corrected chi connectivity index (χ4v) is 4.20. The van der Waals surface area contributed by atoms with E-state index in [1.807, 2.05) is 36.4 Å². The van der Waals surface area contributed by atoms with E-state index in [-0.39, 0.29) is 32.1 Å². The molecule has 0 fully saturated rings. The van der Waals surface area contributed by atoms with Gasteiger partial charge in [0.2, 0.25) is 0 Å². The van der Waals surface area contributed by atoms with Crippen LogP contribution in [0.15, 0.2) is 36.4 Å². The molecular weight excluding hydrogens is 412 g/mol. The summed E-state index contributed by atoms with van der Waals surface area (Å²) < 4.78 is 0. The molecule has 0 saturated heterocycles. The van der Waals surface area contributed by atoms with Crippen LogP contribution in [-0.2, 0) is 22.4 Å². The zero-order valence-electron chi connectivity index (χ0n) is 17.8. The fourth-order valence-electron chi connectivity index (χ4n) is 4.20. The summed E-state index contributed by atoms with van der Waals surface area (Å²) in [6, 6.07) is 10.3. The van der Waals surface area contributed by atoms with E-state index in [9.17, 15) is 19.8 Å². The SMILES string of the molecule is O=CC(O)C(NCCO)c1ccc2c(c1)Cc1cc(C(NCCO)C(=O)CO)ccc1C2. The summed E-state index contributed by atoms with van der Waals surface area (Å²) in [5.41, 5.74) is 5.91. The molecule has 32 heavy (non-hydrogen) atoms. The summed E-state index contributed by atoms with van der Waals surface area (Å²) >= 11 is 0. The van der Waals surface area contributed by atoms with Gasteiger partial charge < -0.3 is 35.9 Å². The third kappa shape index (κ3) is 5.47. The lowest BCUT2D eigenvalue weighted by atomic mass is 9.82. The van der Waals surface area contributed by atoms with Crippen molar-refractivity contribution in [3.63, 3.8) is 0 Å². The molecule has 1 aliphatic rings. The number of rotatable bonds is 12. The molecule has 0 heterocycles. The highest BCUT2D eigenvalue weighted by Gasteiger charge is 2.24. The summed E-state index contributed by atoms with van der Waals surface area (Å²) in [4.78, 5) is 23.4. The number of aliphatic hydroxyl groups excluding tert-OH is 4. The van der Waals surface area contributed by atoms with Crippen LogP contribution >= 0.6 is 0 Å². The van der Waals surface area contributed by atoms with Crippen molar-refractivity contribution in [1.29, 1.82) is 0 Å². The second-order valence-corrected chi connectivity index (χ2v) is 7.93. The maximum absolute atomic E-state index is 12.2. The molecule has 0 radical (unpaired) electrons. The molecule has 0 spiro atoms. The average molecular weight is 443 g/mol. The number of hydrogen-bond acceptors (Lipinski definition) is 8. The molecule has 0 bridgehead atoms. The van der Waals surface area contributed by atoms with Crippen LogP contribution in [0.1, 0.15) is 45.5 Å².